The van der Waals surface area contributed by atoms with Crippen LogP contribution in [0.4, 0.5) is 0 Å². The van der Waals surface area contributed by atoms with Gasteiger partial charge in [0.15, 0.2) is 0 Å². The second-order valence-corrected chi connectivity index (χ2v) is 8.19. The first-order chi connectivity index (χ1) is 9.81. The molecule has 1 aliphatic carbocycles. The van der Waals surface area contributed by atoms with Gasteiger partial charge in [-0.1, -0.05) is 37.0 Å². The van der Waals surface area contributed by atoms with Gasteiger partial charge in [-0.3, -0.25) is 0 Å². The second-order valence-electron chi connectivity index (χ2n) is 5.67. The fourth-order valence-corrected chi connectivity index (χ4v) is 3.91. The lowest BCUT2D eigenvalue weighted by Gasteiger charge is -2.15. The minimum atomic E-state index is -3.59. The Kier molecular flexibility index (Phi) is 5.54. The molecule has 0 aliphatic heterocycles. The molecule has 0 bridgehead atoms. The highest BCUT2D eigenvalue weighted by Gasteiger charge is 2.26. The molecule has 0 aromatic heterocycles. The quantitative estimate of drug-likeness (QED) is 0.793. The Balaban J connectivity index is 2.24. The maximum atomic E-state index is 12.3. The SMILES string of the molecule is CC(C)NCc1c(Cl)ccc(S(=O)(=O)NCC2CC2)c1Cl. The fourth-order valence-electron chi connectivity index (χ4n) is 1.88. The van der Waals surface area contributed by atoms with E-state index in [4.69, 9.17) is 23.2 Å². The number of nitrogens with one attached hydrogen (secondary N) is 2. The molecule has 0 radical (unpaired) electrons. The smallest absolute Gasteiger partial charge is 0.242 e. The summed E-state index contributed by atoms with van der Waals surface area (Å²) in [6.45, 7) is 4.90. The van der Waals surface area contributed by atoms with Gasteiger partial charge in [-0.15, -0.1) is 0 Å². The van der Waals surface area contributed by atoms with E-state index in [1.807, 2.05) is 13.8 Å². The molecule has 118 valence electrons. The molecule has 7 heteroatoms. The van der Waals surface area contributed by atoms with Crippen LogP contribution in [0.15, 0.2) is 17.0 Å². The van der Waals surface area contributed by atoms with Crippen molar-refractivity contribution in [2.24, 2.45) is 5.92 Å². The Hall–Kier alpha value is -0.330. The summed E-state index contributed by atoms with van der Waals surface area (Å²) >= 11 is 12.4. The van der Waals surface area contributed by atoms with Gasteiger partial charge in [-0.25, -0.2) is 13.1 Å². The van der Waals surface area contributed by atoms with Crippen LogP contribution in [0.5, 0.6) is 0 Å². The van der Waals surface area contributed by atoms with Gasteiger partial charge in [-0.05, 0) is 30.9 Å². The van der Waals surface area contributed by atoms with E-state index in [1.54, 1.807) is 6.07 Å². The van der Waals surface area contributed by atoms with E-state index in [1.165, 1.54) is 6.07 Å². The lowest BCUT2D eigenvalue weighted by molar-refractivity contribution is 0.576. The topological polar surface area (TPSA) is 58.2 Å². The minimum absolute atomic E-state index is 0.0924. The van der Waals surface area contributed by atoms with Crippen LogP contribution in [-0.2, 0) is 16.6 Å². The van der Waals surface area contributed by atoms with E-state index in [0.717, 1.165) is 12.8 Å². The van der Waals surface area contributed by atoms with Gasteiger partial charge in [-0.2, -0.15) is 0 Å². The van der Waals surface area contributed by atoms with E-state index in [2.05, 4.69) is 10.0 Å². The van der Waals surface area contributed by atoms with Crippen molar-refractivity contribution in [3.8, 4) is 0 Å². The maximum absolute atomic E-state index is 12.3. The first-order valence-corrected chi connectivity index (χ1v) is 9.25. The summed E-state index contributed by atoms with van der Waals surface area (Å²) in [5.74, 6) is 0.466. The standard InChI is InChI=1S/C14H20Cl2N2O2S/c1-9(2)17-8-11-12(15)5-6-13(14(11)16)21(19,20)18-7-10-3-4-10/h5-6,9-10,17-18H,3-4,7-8H2,1-2H3. The zero-order valence-electron chi connectivity index (χ0n) is 12.1. The van der Waals surface area contributed by atoms with Crippen molar-refractivity contribution in [2.45, 2.75) is 44.2 Å². The Morgan fingerprint density at radius 1 is 1.29 bits per heavy atom. The molecule has 1 aromatic rings. The molecular formula is C14H20Cl2N2O2S. The normalized spacial score (nSPS) is 15.7. The second kappa shape index (κ2) is 6.84. The van der Waals surface area contributed by atoms with Gasteiger partial charge >= 0.3 is 0 Å². The highest BCUT2D eigenvalue weighted by Crippen LogP contribution is 2.32. The van der Waals surface area contributed by atoms with Gasteiger partial charge in [0.05, 0.1) is 5.02 Å². The molecule has 2 rings (SSSR count). The summed E-state index contributed by atoms with van der Waals surface area (Å²) in [5.41, 5.74) is 0.612. The van der Waals surface area contributed by atoms with Crippen molar-refractivity contribution in [3.63, 3.8) is 0 Å². The Labute approximate surface area is 136 Å². The fraction of sp³-hybridized carbons (Fsp3) is 0.571. The van der Waals surface area contributed by atoms with E-state index < -0.39 is 10.0 Å². The van der Waals surface area contributed by atoms with Crippen LogP contribution >= 0.6 is 23.2 Å². The third kappa shape index (κ3) is 4.57. The van der Waals surface area contributed by atoms with Crippen LogP contribution in [0.2, 0.25) is 10.0 Å². The molecule has 4 nitrogen and oxygen atoms in total. The summed E-state index contributed by atoms with van der Waals surface area (Å²) in [6.07, 6.45) is 2.17. The highest BCUT2D eigenvalue weighted by atomic mass is 35.5. The zero-order chi connectivity index (χ0) is 15.6. The number of hydrogen-bond acceptors (Lipinski definition) is 3. The van der Waals surface area contributed by atoms with Gasteiger partial charge in [0, 0.05) is 29.7 Å². The van der Waals surface area contributed by atoms with E-state index in [0.29, 0.717) is 29.6 Å². The lowest BCUT2D eigenvalue weighted by atomic mass is 10.2. The van der Waals surface area contributed by atoms with Crippen LogP contribution in [0.1, 0.15) is 32.3 Å². The molecule has 21 heavy (non-hydrogen) atoms. The predicted molar refractivity (Wildman–Crippen MR) is 86.4 cm³/mol. The molecular weight excluding hydrogens is 331 g/mol. The zero-order valence-corrected chi connectivity index (χ0v) is 14.4. The van der Waals surface area contributed by atoms with Gasteiger partial charge in [0.1, 0.15) is 4.90 Å². The molecule has 1 saturated carbocycles. The molecule has 1 fully saturated rings. The van der Waals surface area contributed by atoms with Crippen LogP contribution in [0, 0.1) is 5.92 Å². The third-order valence-corrected chi connectivity index (χ3v) is 5.75. The lowest BCUT2D eigenvalue weighted by Crippen LogP contribution is -2.27. The number of rotatable bonds is 7. The molecule has 0 amide bonds. The largest absolute Gasteiger partial charge is 0.310 e. The number of halogens is 2. The summed E-state index contributed by atoms with van der Waals surface area (Å²) in [6, 6.07) is 3.29. The number of hydrogen-bond donors (Lipinski definition) is 2. The highest BCUT2D eigenvalue weighted by molar-refractivity contribution is 7.89. The molecule has 0 saturated heterocycles. The van der Waals surface area contributed by atoms with Crippen LogP contribution in [0.3, 0.4) is 0 Å². The Morgan fingerprint density at radius 2 is 1.95 bits per heavy atom. The Bertz CT molecular complexity index is 614. The summed E-state index contributed by atoms with van der Waals surface area (Å²) in [5, 5.41) is 3.86. The van der Waals surface area contributed by atoms with Gasteiger partial charge in [0.25, 0.3) is 0 Å². The van der Waals surface area contributed by atoms with Crippen molar-refractivity contribution in [2.75, 3.05) is 6.54 Å². The van der Waals surface area contributed by atoms with Crippen molar-refractivity contribution in [1.29, 1.82) is 0 Å². The average Bonchev–Trinajstić information content (AvgIpc) is 3.19. The van der Waals surface area contributed by atoms with Crippen LogP contribution in [0.25, 0.3) is 0 Å². The number of benzene rings is 1. The molecule has 0 atom stereocenters. The van der Waals surface area contributed by atoms with Crippen molar-refractivity contribution in [1.82, 2.24) is 10.0 Å². The van der Waals surface area contributed by atoms with Crippen LogP contribution < -0.4 is 10.0 Å². The molecule has 2 N–H and O–H groups in total. The average molecular weight is 351 g/mol. The first-order valence-electron chi connectivity index (χ1n) is 7.01. The van der Waals surface area contributed by atoms with Crippen molar-refractivity contribution in [3.05, 3.63) is 27.7 Å². The van der Waals surface area contributed by atoms with Gasteiger partial charge in [0.2, 0.25) is 10.0 Å². The first kappa shape index (κ1) is 17.0. The van der Waals surface area contributed by atoms with Crippen molar-refractivity contribution >= 4 is 33.2 Å². The van der Waals surface area contributed by atoms with E-state index in [9.17, 15) is 8.42 Å². The molecule has 1 aliphatic rings. The Morgan fingerprint density at radius 3 is 2.52 bits per heavy atom. The monoisotopic (exact) mass is 350 g/mol. The summed E-state index contributed by atoms with van der Waals surface area (Å²) < 4.78 is 27.3. The summed E-state index contributed by atoms with van der Waals surface area (Å²) in [4.78, 5) is 0.0924. The predicted octanol–water partition coefficient (Wildman–Crippen LogP) is 3.18. The molecule has 1 aromatic carbocycles. The van der Waals surface area contributed by atoms with Crippen molar-refractivity contribution < 1.29 is 8.42 Å². The van der Waals surface area contributed by atoms with E-state index in [-0.39, 0.29) is 16.0 Å². The van der Waals surface area contributed by atoms with E-state index >= 15 is 0 Å². The summed E-state index contributed by atoms with van der Waals surface area (Å²) in [7, 11) is -3.59. The third-order valence-electron chi connectivity index (χ3n) is 3.39. The maximum Gasteiger partial charge on any atom is 0.242 e. The van der Waals surface area contributed by atoms with Gasteiger partial charge < -0.3 is 5.32 Å². The molecule has 0 heterocycles. The number of sulfonamides is 1. The van der Waals surface area contributed by atoms with Crippen LogP contribution in [-0.4, -0.2) is 21.0 Å². The minimum Gasteiger partial charge on any atom is -0.310 e. The molecule has 0 unspecified atom stereocenters. The molecule has 0 spiro atoms.